The third-order valence-corrected chi connectivity index (χ3v) is 8.36. The van der Waals surface area contributed by atoms with E-state index in [0.29, 0.717) is 13.0 Å². The average molecular weight is 362 g/mol. The standard InChI is InChI=1S/C17H31NO3S2/c1-13(19)9-11-22-23-17(4,5)16(2,3)15(20)18-10-7-8-14(18)12-21-6/h14H,7-12H2,1-6H3. The van der Waals surface area contributed by atoms with Crippen molar-refractivity contribution >= 4 is 33.3 Å². The highest BCUT2D eigenvalue weighted by molar-refractivity contribution is 8.77. The van der Waals surface area contributed by atoms with E-state index in [1.54, 1.807) is 35.6 Å². The van der Waals surface area contributed by atoms with Crippen LogP contribution in [0.3, 0.4) is 0 Å². The van der Waals surface area contributed by atoms with Gasteiger partial charge in [-0.3, -0.25) is 9.59 Å². The lowest BCUT2D eigenvalue weighted by Gasteiger charge is -2.42. The summed E-state index contributed by atoms with van der Waals surface area (Å²) in [7, 11) is 5.09. The van der Waals surface area contributed by atoms with Crippen molar-refractivity contribution in [2.24, 2.45) is 5.41 Å². The van der Waals surface area contributed by atoms with Gasteiger partial charge in [0.25, 0.3) is 0 Å². The first kappa shape index (κ1) is 20.8. The third-order valence-electron chi connectivity index (χ3n) is 4.84. The third kappa shape index (κ3) is 5.40. The molecule has 0 radical (unpaired) electrons. The number of likely N-dealkylation sites (tertiary alicyclic amines) is 1. The van der Waals surface area contributed by atoms with Crippen LogP contribution in [0.5, 0.6) is 0 Å². The summed E-state index contributed by atoms with van der Waals surface area (Å²) in [6.45, 7) is 11.4. The van der Waals surface area contributed by atoms with Crippen LogP contribution in [0.15, 0.2) is 0 Å². The zero-order valence-electron chi connectivity index (χ0n) is 15.3. The number of ketones is 1. The van der Waals surface area contributed by atoms with Crippen LogP contribution in [-0.2, 0) is 14.3 Å². The number of hydrogen-bond acceptors (Lipinski definition) is 5. The fourth-order valence-corrected chi connectivity index (χ4v) is 5.62. The second kappa shape index (κ2) is 8.77. The average Bonchev–Trinajstić information content (AvgIpc) is 2.91. The molecule has 1 saturated heterocycles. The van der Waals surface area contributed by atoms with Crippen molar-refractivity contribution in [1.29, 1.82) is 0 Å². The minimum absolute atomic E-state index is 0.206. The van der Waals surface area contributed by atoms with E-state index in [9.17, 15) is 9.59 Å². The maximum Gasteiger partial charge on any atom is 0.229 e. The molecule has 1 atom stereocenters. The van der Waals surface area contributed by atoms with Crippen molar-refractivity contribution in [2.75, 3.05) is 26.0 Å². The molecule has 0 aromatic heterocycles. The van der Waals surface area contributed by atoms with E-state index in [4.69, 9.17) is 4.74 Å². The van der Waals surface area contributed by atoms with Gasteiger partial charge in [-0.15, -0.1) is 0 Å². The molecular weight excluding hydrogens is 330 g/mol. The first-order valence-corrected chi connectivity index (χ1v) is 10.6. The Morgan fingerprint density at radius 1 is 1.26 bits per heavy atom. The van der Waals surface area contributed by atoms with Gasteiger partial charge in [-0.2, -0.15) is 0 Å². The molecule has 6 heteroatoms. The van der Waals surface area contributed by atoms with Gasteiger partial charge in [-0.25, -0.2) is 0 Å². The Hall–Kier alpha value is -0.200. The Labute approximate surface area is 148 Å². The van der Waals surface area contributed by atoms with Crippen LogP contribution in [0.4, 0.5) is 0 Å². The number of hydrogen-bond donors (Lipinski definition) is 0. The van der Waals surface area contributed by atoms with Gasteiger partial charge in [0.15, 0.2) is 0 Å². The van der Waals surface area contributed by atoms with Gasteiger partial charge in [0.05, 0.1) is 18.1 Å². The van der Waals surface area contributed by atoms with Crippen molar-refractivity contribution in [3.63, 3.8) is 0 Å². The zero-order chi connectivity index (χ0) is 17.7. The van der Waals surface area contributed by atoms with E-state index >= 15 is 0 Å². The molecule has 134 valence electrons. The van der Waals surface area contributed by atoms with Crippen molar-refractivity contribution in [1.82, 2.24) is 4.90 Å². The highest BCUT2D eigenvalue weighted by atomic mass is 33.1. The molecule has 1 aliphatic rings. The Bertz CT molecular complexity index is 424. The van der Waals surface area contributed by atoms with E-state index in [1.165, 1.54) is 0 Å². The van der Waals surface area contributed by atoms with Gasteiger partial charge < -0.3 is 9.64 Å². The van der Waals surface area contributed by atoms with Crippen LogP contribution in [0, 0.1) is 5.41 Å². The van der Waals surface area contributed by atoms with Crippen LogP contribution in [0.1, 0.15) is 53.9 Å². The summed E-state index contributed by atoms with van der Waals surface area (Å²) in [5.41, 5.74) is -0.475. The van der Waals surface area contributed by atoms with Crippen LogP contribution in [0.2, 0.25) is 0 Å². The number of carbonyl (C=O) groups is 2. The smallest absolute Gasteiger partial charge is 0.229 e. The molecule has 0 aliphatic carbocycles. The lowest BCUT2D eigenvalue weighted by molar-refractivity contribution is -0.143. The molecule has 1 aliphatic heterocycles. The topological polar surface area (TPSA) is 46.6 Å². The van der Waals surface area contributed by atoms with Crippen molar-refractivity contribution < 1.29 is 14.3 Å². The zero-order valence-corrected chi connectivity index (χ0v) is 16.9. The van der Waals surface area contributed by atoms with Gasteiger partial charge in [-0.05, 0) is 47.5 Å². The maximum absolute atomic E-state index is 13.1. The lowest BCUT2D eigenvalue weighted by Crippen LogP contribution is -2.52. The normalized spacial score (nSPS) is 19.2. The number of Topliss-reactive ketones (excluding diaryl/α,β-unsaturated/α-hetero) is 1. The number of methoxy groups -OCH3 is 1. The minimum Gasteiger partial charge on any atom is -0.383 e. The summed E-state index contributed by atoms with van der Waals surface area (Å²) in [5.74, 6) is 1.22. The quantitative estimate of drug-likeness (QED) is 0.462. The van der Waals surface area contributed by atoms with Gasteiger partial charge >= 0.3 is 0 Å². The Morgan fingerprint density at radius 3 is 2.48 bits per heavy atom. The molecule has 0 N–H and O–H groups in total. The fourth-order valence-electron chi connectivity index (χ4n) is 2.56. The second-order valence-electron chi connectivity index (χ2n) is 7.24. The first-order valence-electron chi connectivity index (χ1n) is 8.23. The van der Waals surface area contributed by atoms with Crippen LogP contribution >= 0.6 is 21.6 Å². The van der Waals surface area contributed by atoms with Gasteiger partial charge in [0.2, 0.25) is 5.91 Å². The molecule has 0 spiro atoms. The molecule has 0 aromatic rings. The minimum atomic E-state index is -0.475. The van der Waals surface area contributed by atoms with E-state index in [1.807, 2.05) is 18.7 Å². The van der Waals surface area contributed by atoms with Crippen molar-refractivity contribution in [3.05, 3.63) is 0 Å². The molecular formula is C17H31NO3S2. The van der Waals surface area contributed by atoms with Gasteiger partial charge in [0, 0.05) is 30.6 Å². The number of rotatable bonds is 9. The maximum atomic E-state index is 13.1. The molecule has 4 nitrogen and oxygen atoms in total. The van der Waals surface area contributed by atoms with Crippen molar-refractivity contribution in [2.45, 2.75) is 64.7 Å². The summed E-state index contributed by atoms with van der Waals surface area (Å²) in [6, 6.07) is 0.206. The van der Waals surface area contributed by atoms with Gasteiger partial charge in [-0.1, -0.05) is 21.6 Å². The highest BCUT2D eigenvalue weighted by Crippen LogP contribution is 2.48. The van der Waals surface area contributed by atoms with E-state index in [-0.39, 0.29) is 22.5 Å². The SMILES string of the molecule is COCC1CCCN1C(=O)C(C)(C)C(C)(C)SSCCC(C)=O. The Balaban J connectivity index is 2.70. The van der Waals surface area contributed by atoms with Crippen LogP contribution in [-0.4, -0.2) is 53.4 Å². The molecule has 1 amide bonds. The molecule has 1 unspecified atom stereocenters. The van der Waals surface area contributed by atoms with E-state index in [2.05, 4.69) is 13.8 Å². The molecule has 0 saturated carbocycles. The molecule has 23 heavy (non-hydrogen) atoms. The van der Waals surface area contributed by atoms with Crippen LogP contribution < -0.4 is 0 Å². The highest BCUT2D eigenvalue weighted by Gasteiger charge is 2.47. The van der Waals surface area contributed by atoms with E-state index in [0.717, 1.165) is 25.1 Å². The predicted octanol–water partition coefficient (Wildman–Crippen LogP) is 3.79. The Kier molecular flexibility index (Phi) is 7.94. The number of amides is 1. The van der Waals surface area contributed by atoms with Gasteiger partial charge in [0.1, 0.15) is 5.78 Å². The van der Waals surface area contributed by atoms with Crippen LogP contribution in [0.25, 0.3) is 0 Å². The molecule has 0 aromatic carbocycles. The molecule has 1 fully saturated rings. The summed E-state index contributed by atoms with van der Waals surface area (Å²) in [4.78, 5) is 26.2. The monoisotopic (exact) mass is 361 g/mol. The predicted molar refractivity (Wildman–Crippen MR) is 99.8 cm³/mol. The number of nitrogens with zero attached hydrogens (tertiary/aromatic N) is 1. The number of ether oxygens (including phenoxy) is 1. The summed E-state index contributed by atoms with van der Waals surface area (Å²) < 4.78 is 5.05. The Morgan fingerprint density at radius 2 is 1.91 bits per heavy atom. The molecule has 0 bridgehead atoms. The summed E-state index contributed by atoms with van der Waals surface area (Å²) in [5, 5.41) is 0. The summed E-state index contributed by atoms with van der Waals surface area (Å²) in [6.07, 6.45) is 2.66. The lowest BCUT2D eigenvalue weighted by atomic mass is 9.78. The summed E-state index contributed by atoms with van der Waals surface area (Å²) >= 11 is 0. The molecule has 1 heterocycles. The second-order valence-corrected chi connectivity index (χ2v) is 10.3. The molecule has 1 rings (SSSR count). The first-order chi connectivity index (χ1) is 10.6. The fraction of sp³-hybridized carbons (Fsp3) is 0.882. The van der Waals surface area contributed by atoms with Crippen molar-refractivity contribution in [3.8, 4) is 0 Å². The van der Waals surface area contributed by atoms with E-state index < -0.39 is 5.41 Å². The number of carbonyl (C=O) groups excluding carboxylic acids is 2. The largest absolute Gasteiger partial charge is 0.383 e.